The van der Waals surface area contributed by atoms with Crippen molar-refractivity contribution >= 4 is 5.69 Å². The van der Waals surface area contributed by atoms with Crippen LogP contribution in [0.1, 0.15) is 18.9 Å². The van der Waals surface area contributed by atoms with Crippen LogP contribution >= 0.6 is 0 Å². The number of para-hydroxylation sites is 1. The summed E-state index contributed by atoms with van der Waals surface area (Å²) in [6, 6.07) is 12.3. The predicted octanol–water partition coefficient (Wildman–Crippen LogP) is 1.89. The Bertz CT molecular complexity index is 512. The molecule has 1 aliphatic heterocycles. The molecule has 4 heteroatoms. The lowest BCUT2D eigenvalue weighted by molar-refractivity contribution is 0.563. The molecular weight excluding hydrogens is 236 g/mol. The fraction of sp³-hybridized carbons (Fsp3) is 0.467. The lowest BCUT2D eigenvalue weighted by atomic mass is 10.1. The molecule has 0 amide bonds. The van der Waals surface area contributed by atoms with Gasteiger partial charge in [-0.05, 0) is 24.6 Å². The third-order valence-corrected chi connectivity index (χ3v) is 3.48. The zero-order valence-electron chi connectivity index (χ0n) is 11.1. The molecule has 0 bridgehead atoms. The average molecular weight is 254 g/mol. The first-order chi connectivity index (χ1) is 9.26. The normalized spacial score (nSPS) is 23.2. The van der Waals surface area contributed by atoms with Gasteiger partial charge in [0.25, 0.3) is 0 Å². The summed E-state index contributed by atoms with van der Waals surface area (Å²) in [6.45, 7) is 4.80. The van der Waals surface area contributed by atoms with E-state index in [2.05, 4.69) is 29.3 Å². The maximum absolute atomic E-state index is 9.24. The summed E-state index contributed by atoms with van der Waals surface area (Å²) < 4.78 is 0. The Morgan fingerprint density at radius 2 is 2.11 bits per heavy atom. The summed E-state index contributed by atoms with van der Waals surface area (Å²) in [4.78, 5) is 2.21. The second-order valence-corrected chi connectivity index (χ2v) is 5.06. The molecule has 2 atom stereocenters. The first-order valence-electron chi connectivity index (χ1n) is 6.59. The first-order valence-corrected chi connectivity index (χ1v) is 6.59. The predicted molar refractivity (Wildman–Crippen MR) is 74.6 cm³/mol. The van der Waals surface area contributed by atoms with Crippen molar-refractivity contribution < 1.29 is 0 Å². The highest BCUT2D eigenvalue weighted by Gasteiger charge is 2.25. The lowest BCUT2D eigenvalue weighted by Gasteiger charge is -2.32. The SMILES string of the molecule is CC1CNCC(CC#N)N(c2ccccc2C#N)C1. The second kappa shape index (κ2) is 6.22. The van der Waals surface area contributed by atoms with E-state index in [9.17, 15) is 5.26 Å². The van der Waals surface area contributed by atoms with E-state index in [1.54, 1.807) is 0 Å². The fourth-order valence-electron chi connectivity index (χ4n) is 2.56. The number of nitrogens with one attached hydrogen (secondary N) is 1. The van der Waals surface area contributed by atoms with Gasteiger partial charge in [-0.1, -0.05) is 19.1 Å². The summed E-state index contributed by atoms with van der Waals surface area (Å²) in [7, 11) is 0. The minimum absolute atomic E-state index is 0.129. The molecule has 0 aromatic heterocycles. The highest BCUT2D eigenvalue weighted by Crippen LogP contribution is 2.25. The van der Waals surface area contributed by atoms with E-state index in [1.165, 1.54) is 0 Å². The molecule has 4 nitrogen and oxygen atoms in total. The second-order valence-electron chi connectivity index (χ2n) is 5.06. The van der Waals surface area contributed by atoms with Crippen LogP contribution in [0.15, 0.2) is 24.3 Å². The zero-order valence-corrected chi connectivity index (χ0v) is 11.1. The van der Waals surface area contributed by atoms with Crippen molar-refractivity contribution in [3.05, 3.63) is 29.8 Å². The van der Waals surface area contributed by atoms with Crippen LogP contribution in [0.3, 0.4) is 0 Å². The molecule has 1 aliphatic rings. The third kappa shape index (κ3) is 3.05. The van der Waals surface area contributed by atoms with Crippen LogP contribution in [0.25, 0.3) is 0 Å². The Kier molecular flexibility index (Phi) is 4.39. The molecule has 2 rings (SSSR count). The number of hydrogen-bond acceptors (Lipinski definition) is 4. The molecule has 1 fully saturated rings. The van der Waals surface area contributed by atoms with Crippen molar-refractivity contribution in [1.29, 1.82) is 10.5 Å². The highest BCUT2D eigenvalue weighted by atomic mass is 15.2. The van der Waals surface area contributed by atoms with Crippen LogP contribution in [0, 0.1) is 28.6 Å². The summed E-state index contributed by atoms with van der Waals surface area (Å²) in [5.41, 5.74) is 1.63. The minimum Gasteiger partial charge on any atom is -0.365 e. The largest absolute Gasteiger partial charge is 0.365 e. The van der Waals surface area contributed by atoms with Gasteiger partial charge in [0.1, 0.15) is 6.07 Å². The van der Waals surface area contributed by atoms with Gasteiger partial charge in [0.15, 0.2) is 0 Å². The van der Waals surface area contributed by atoms with E-state index in [0.29, 0.717) is 17.9 Å². The van der Waals surface area contributed by atoms with Crippen LogP contribution in [0.5, 0.6) is 0 Å². The van der Waals surface area contributed by atoms with Crippen LogP contribution in [-0.2, 0) is 0 Å². The van der Waals surface area contributed by atoms with Gasteiger partial charge in [0.05, 0.1) is 29.8 Å². The molecular formula is C15H18N4. The number of anilines is 1. The molecule has 1 aromatic rings. The molecule has 2 unspecified atom stereocenters. The highest BCUT2D eigenvalue weighted by molar-refractivity contribution is 5.60. The van der Waals surface area contributed by atoms with Crippen LogP contribution < -0.4 is 10.2 Å². The third-order valence-electron chi connectivity index (χ3n) is 3.48. The van der Waals surface area contributed by atoms with Crippen molar-refractivity contribution in [3.8, 4) is 12.1 Å². The van der Waals surface area contributed by atoms with Gasteiger partial charge >= 0.3 is 0 Å². The van der Waals surface area contributed by atoms with E-state index < -0.39 is 0 Å². The van der Waals surface area contributed by atoms with Gasteiger partial charge in [-0.25, -0.2) is 0 Å². The molecule has 1 N–H and O–H groups in total. The van der Waals surface area contributed by atoms with E-state index in [-0.39, 0.29) is 6.04 Å². The van der Waals surface area contributed by atoms with Crippen molar-refractivity contribution in [1.82, 2.24) is 5.32 Å². The van der Waals surface area contributed by atoms with Gasteiger partial charge < -0.3 is 10.2 Å². The molecule has 0 spiro atoms. The van der Waals surface area contributed by atoms with Crippen molar-refractivity contribution in [2.75, 3.05) is 24.5 Å². The lowest BCUT2D eigenvalue weighted by Crippen LogP contribution is -2.40. The average Bonchev–Trinajstić information content (AvgIpc) is 2.61. The van der Waals surface area contributed by atoms with E-state index >= 15 is 0 Å². The fourth-order valence-corrected chi connectivity index (χ4v) is 2.56. The van der Waals surface area contributed by atoms with Crippen molar-refractivity contribution in [2.45, 2.75) is 19.4 Å². The van der Waals surface area contributed by atoms with Crippen molar-refractivity contribution in [2.24, 2.45) is 5.92 Å². The van der Waals surface area contributed by atoms with Gasteiger partial charge in [-0.2, -0.15) is 10.5 Å². The number of nitriles is 2. The Balaban J connectivity index is 2.36. The smallest absolute Gasteiger partial charge is 0.101 e. The Morgan fingerprint density at radius 1 is 1.32 bits per heavy atom. The summed E-state index contributed by atoms with van der Waals surface area (Å²) in [5, 5.41) is 21.6. The van der Waals surface area contributed by atoms with Gasteiger partial charge in [0.2, 0.25) is 0 Å². The molecule has 0 radical (unpaired) electrons. The molecule has 98 valence electrons. The van der Waals surface area contributed by atoms with Gasteiger partial charge in [0, 0.05) is 13.1 Å². The Morgan fingerprint density at radius 3 is 2.84 bits per heavy atom. The first kappa shape index (κ1) is 13.4. The monoisotopic (exact) mass is 254 g/mol. The van der Waals surface area contributed by atoms with E-state index in [1.807, 2.05) is 24.3 Å². The molecule has 0 saturated carbocycles. The maximum atomic E-state index is 9.24. The van der Waals surface area contributed by atoms with Crippen LogP contribution in [-0.4, -0.2) is 25.7 Å². The van der Waals surface area contributed by atoms with Crippen molar-refractivity contribution in [3.63, 3.8) is 0 Å². The van der Waals surface area contributed by atoms with Gasteiger partial charge in [-0.3, -0.25) is 0 Å². The summed E-state index contributed by atoms with van der Waals surface area (Å²) in [6.07, 6.45) is 0.472. The molecule has 0 aliphatic carbocycles. The zero-order chi connectivity index (χ0) is 13.7. The number of benzene rings is 1. The quantitative estimate of drug-likeness (QED) is 0.875. The minimum atomic E-state index is 0.129. The molecule has 1 saturated heterocycles. The molecule has 1 heterocycles. The summed E-state index contributed by atoms with van der Waals surface area (Å²) >= 11 is 0. The van der Waals surface area contributed by atoms with Crippen LogP contribution in [0.2, 0.25) is 0 Å². The number of hydrogen-bond donors (Lipinski definition) is 1. The molecule has 1 aromatic carbocycles. The summed E-state index contributed by atoms with van der Waals surface area (Å²) in [5.74, 6) is 0.496. The van der Waals surface area contributed by atoms with E-state index in [0.717, 1.165) is 25.3 Å². The van der Waals surface area contributed by atoms with E-state index in [4.69, 9.17) is 5.26 Å². The van der Waals surface area contributed by atoms with Gasteiger partial charge in [-0.15, -0.1) is 0 Å². The van der Waals surface area contributed by atoms with Crippen LogP contribution in [0.4, 0.5) is 5.69 Å². The topological polar surface area (TPSA) is 62.9 Å². The number of nitrogens with zero attached hydrogens (tertiary/aromatic N) is 3. The standard InChI is InChI=1S/C15H18N4/c1-12-9-18-10-14(6-7-16)19(11-12)15-5-3-2-4-13(15)8-17/h2-5,12,14,18H,6,9-11H2,1H3. The molecule has 19 heavy (non-hydrogen) atoms. The Labute approximate surface area is 114 Å². The number of rotatable bonds is 2. The maximum Gasteiger partial charge on any atom is 0.101 e. The Hall–Kier alpha value is -2.04.